The fourth-order valence-electron chi connectivity index (χ4n) is 1.62. The zero-order chi connectivity index (χ0) is 9.26. The van der Waals surface area contributed by atoms with E-state index in [0.717, 1.165) is 19.5 Å². The van der Waals surface area contributed by atoms with Crippen LogP contribution in [0.1, 0.15) is 23.0 Å². The monoisotopic (exact) mass is 181 g/mol. The first-order valence-corrected chi connectivity index (χ1v) is 4.26. The molecule has 2 rings (SSSR count). The van der Waals surface area contributed by atoms with Gasteiger partial charge in [0.05, 0.1) is 6.04 Å². The number of rotatable bonds is 2. The van der Waals surface area contributed by atoms with Gasteiger partial charge < -0.3 is 10.4 Å². The molecule has 0 saturated carbocycles. The van der Waals surface area contributed by atoms with Crippen molar-refractivity contribution in [2.75, 3.05) is 13.1 Å². The lowest BCUT2D eigenvalue weighted by Gasteiger charge is -2.10. The van der Waals surface area contributed by atoms with Crippen molar-refractivity contribution in [3.05, 3.63) is 18.0 Å². The van der Waals surface area contributed by atoms with E-state index in [9.17, 15) is 4.79 Å². The van der Waals surface area contributed by atoms with Crippen LogP contribution < -0.4 is 5.32 Å². The lowest BCUT2D eigenvalue weighted by Crippen LogP contribution is -2.18. The van der Waals surface area contributed by atoms with E-state index in [0.29, 0.717) is 0 Å². The van der Waals surface area contributed by atoms with Crippen LogP contribution in [0.5, 0.6) is 0 Å². The molecule has 1 aromatic heterocycles. The predicted octanol–water partition coefficient (Wildman–Crippen LogP) is 0.116. The number of hydrogen-bond donors (Lipinski definition) is 2. The van der Waals surface area contributed by atoms with Crippen LogP contribution in [-0.2, 0) is 0 Å². The number of nitrogens with one attached hydrogen (secondary N) is 1. The molecule has 0 bridgehead atoms. The van der Waals surface area contributed by atoms with Gasteiger partial charge in [0.2, 0.25) is 0 Å². The number of hydrogen-bond acceptors (Lipinski definition) is 3. The molecule has 1 saturated heterocycles. The van der Waals surface area contributed by atoms with Crippen LogP contribution >= 0.6 is 0 Å². The topological polar surface area (TPSA) is 67.1 Å². The van der Waals surface area contributed by atoms with Crippen LogP contribution in [0.3, 0.4) is 0 Å². The largest absolute Gasteiger partial charge is 0.477 e. The maximum absolute atomic E-state index is 10.8. The van der Waals surface area contributed by atoms with Crippen molar-refractivity contribution in [3.8, 4) is 0 Å². The first kappa shape index (κ1) is 8.25. The average Bonchev–Trinajstić information content (AvgIpc) is 2.74. The van der Waals surface area contributed by atoms with Gasteiger partial charge >= 0.3 is 5.97 Å². The molecule has 1 atom stereocenters. The second-order valence-electron chi connectivity index (χ2n) is 3.11. The number of carboxylic acids is 1. The van der Waals surface area contributed by atoms with Crippen LogP contribution in [-0.4, -0.2) is 33.9 Å². The van der Waals surface area contributed by atoms with Gasteiger partial charge in [0.1, 0.15) is 5.69 Å². The maximum Gasteiger partial charge on any atom is 0.354 e. The SMILES string of the molecule is O=C(O)c1ccnn1C1CCNC1. The summed E-state index contributed by atoms with van der Waals surface area (Å²) in [5.74, 6) is -0.913. The van der Waals surface area contributed by atoms with Gasteiger partial charge in [-0.25, -0.2) is 4.79 Å². The third-order valence-electron chi connectivity index (χ3n) is 2.27. The molecule has 1 aliphatic heterocycles. The maximum atomic E-state index is 10.8. The highest BCUT2D eigenvalue weighted by Crippen LogP contribution is 2.16. The smallest absolute Gasteiger partial charge is 0.354 e. The highest BCUT2D eigenvalue weighted by atomic mass is 16.4. The number of aromatic nitrogens is 2. The molecule has 70 valence electrons. The van der Waals surface area contributed by atoms with Crippen molar-refractivity contribution in [3.63, 3.8) is 0 Å². The van der Waals surface area contributed by atoms with Crippen LogP contribution in [0.15, 0.2) is 12.3 Å². The van der Waals surface area contributed by atoms with E-state index in [1.807, 2.05) is 0 Å². The second-order valence-corrected chi connectivity index (χ2v) is 3.11. The van der Waals surface area contributed by atoms with E-state index < -0.39 is 5.97 Å². The molecule has 2 N–H and O–H groups in total. The van der Waals surface area contributed by atoms with Gasteiger partial charge in [-0.05, 0) is 19.0 Å². The number of carbonyl (C=O) groups is 1. The third-order valence-corrected chi connectivity index (χ3v) is 2.27. The van der Waals surface area contributed by atoms with Crippen LogP contribution in [0.25, 0.3) is 0 Å². The molecule has 13 heavy (non-hydrogen) atoms. The first-order chi connectivity index (χ1) is 6.29. The van der Waals surface area contributed by atoms with Crippen molar-refractivity contribution in [2.45, 2.75) is 12.5 Å². The van der Waals surface area contributed by atoms with Crippen molar-refractivity contribution in [1.29, 1.82) is 0 Å². The zero-order valence-corrected chi connectivity index (χ0v) is 7.10. The van der Waals surface area contributed by atoms with Crippen molar-refractivity contribution in [2.24, 2.45) is 0 Å². The second kappa shape index (κ2) is 3.18. The van der Waals surface area contributed by atoms with Crippen molar-refractivity contribution in [1.82, 2.24) is 15.1 Å². The van der Waals surface area contributed by atoms with E-state index in [1.165, 1.54) is 12.3 Å². The van der Waals surface area contributed by atoms with E-state index in [4.69, 9.17) is 5.11 Å². The minimum atomic E-state index is -0.913. The molecule has 1 aromatic rings. The van der Waals surface area contributed by atoms with E-state index in [1.54, 1.807) is 4.68 Å². The molecule has 2 heterocycles. The van der Waals surface area contributed by atoms with Gasteiger partial charge in [-0.2, -0.15) is 5.10 Å². The molecule has 5 heteroatoms. The molecule has 5 nitrogen and oxygen atoms in total. The van der Waals surface area contributed by atoms with E-state index in [-0.39, 0.29) is 11.7 Å². The fraction of sp³-hybridized carbons (Fsp3) is 0.500. The van der Waals surface area contributed by atoms with E-state index in [2.05, 4.69) is 10.4 Å². The summed E-state index contributed by atoms with van der Waals surface area (Å²) in [7, 11) is 0. The summed E-state index contributed by atoms with van der Waals surface area (Å²) in [6, 6.07) is 1.72. The molecular weight excluding hydrogens is 170 g/mol. The molecule has 0 spiro atoms. The summed E-state index contributed by atoms with van der Waals surface area (Å²) in [4.78, 5) is 10.8. The predicted molar refractivity (Wildman–Crippen MR) is 45.7 cm³/mol. The summed E-state index contributed by atoms with van der Waals surface area (Å²) in [5.41, 5.74) is 0.272. The van der Waals surface area contributed by atoms with Crippen molar-refractivity contribution < 1.29 is 9.90 Å². The van der Waals surface area contributed by atoms with Crippen LogP contribution in [0, 0.1) is 0 Å². The number of nitrogens with zero attached hydrogens (tertiary/aromatic N) is 2. The zero-order valence-electron chi connectivity index (χ0n) is 7.10. The average molecular weight is 181 g/mol. The standard InChI is InChI=1S/C8H11N3O2/c12-8(13)7-2-4-10-11(7)6-1-3-9-5-6/h2,4,6,9H,1,3,5H2,(H,12,13). The minimum absolute atomic E-state index is 0.195. The normalized spacial score (nSPS) is 22.0. The summed E-state index contributed by atoms with van der Waals surface area (Å²) in [6.45, 7) is 1.74. The molecular formula is C8H11N3O2. The van der Waals surface area contributed by atoms with Gasteiger partial charge in [-0.3, -0.25) is 4.68 Å². The summed E-state index contributed by atoms with van der Waals surface area (Å²) >= 11 is 0. The van der Waals surface area contributed by atoms with Crippen molar-refractivity contribution >= 4 is 5.97 Å². The summed E-state index contributed by atoms with van der Waals surface area (Å²) < 4.78 is 1.59. The van der Waals surface area contributed by atoms with E-state index >= 15 is 0 Å². The Morgan fingerprint density at radius 1 is 1.77 bits per heavy atom. The molecule has 0 aromatic carbocycles. The first-order valence-electron chi connectivity index (χ1n) is 4.26. The third kappa shape index (κ3) is 1.42. The Hall–Kier alpha value is -1.36. The molecule has 1 unspecified atom stereocenters. The molecule has 1 aliphatic rings. The Morgan fingerprint density at radius 3 is 3.23 bits per heavy atom. The molecule has 0 radical (unpaired) electrons. The highest BCUT2D eigenvalue weighted by molar-refractivity contribution is 5.85. The Morgan fingerprint density at radius 2 is 2.62 bits per heavy atom. The fourth-order valence-corrected chi connectivity index (χ4v) is 1.62. The Bertz CT molecular complexity index is 315. The Labute approximate surface area is 75.4 Å². The quantitative estimate of drug-likeness (QED) is 0.679. The number of aromatic carboxylic acids is 1. The lowest BCUT2D eigenvalue weighted by atomic mass is 10.2. The van der Waals surface area contributed by atoms with Gasteiger partial charge in [-0.15, -0.1) is 0 Å². The number of carboxylic acid groups (broad SMARTS) is 1. The Balaban J connectivity index is 2.28. The molecule has 0 aliphatic carbocycles. The van der Waals surface area contributed by atoms with Gasteiger partial charge in [-0.1, -0.05) is 0 Å². The van der Waals surface area contributed by atoms with Crippen LogP contribution in [0.2, 0.25) is 0 Å². The van der Waals surface area contributed by atoms with Gasteiger partial charge in [0.15, 0.2) is 0 Å². The lowest BCUT2D eigenvalue weighted by molar-refractivity contribution is 0.0680. The molecule has 0 amide bonds. The highest BCUT2D eigenvalue weighted by Gasteiger charge is 2.21. The Kier molecular flexibility index (Phi) is 2.02. The molecule has 1 fully saturated rings. The van der Waals surface area contributed by atoms with Gasteiger partial charge in [0, 0.05) is 12.7 Å². The van der Waals surface area contributed by atoms with Crippen LogP contribution in [0.4, 0.5) is 0 Å². The van der Waals surface area contributed by atoms with Gasteiger partial charge in [0.25, 0.3) is 0 Å². The summed E-state index contributed by atoms with van der Waals surface area (Å²) in [6.07, 6.45) is 2.48. The summed E-state index contributed by atoms with van der Waals surface area (Å²) in [5, 5.41) is 16.0. The minimum Gasteiger partial charge on any atom is -0.477 e.